The number of amides is 1. The van der Waals surface area contributed by atoms with Crippen LogP contribution in [0.15, 0.2) is 48.5 Å². The zero-order valence-corrected chi connectivity index (χ0v) is 16.4. The number of aromatic amines is 1. The molecule has 150 valence electrons. The predicted molar refractivity (Wildman–Crippen MR) is 108 cm³/mol. The molecule has 0 spiro atoms. The maximum atomic E-state index is 13.2. The summed E-state index contributed by atoms with van der Waals surface area (Å²) in [5.74, 6) is 0.768. The van der Waals surface area contributed by atoms with E-state index in [4.69, 9.17) is 9.47 Å². The van der Waals surface area contributed by atoms with Crippen LogP contribution in [0, 0.1) is 0 Å². The van der Waals surface area contributed by atoms with Crippen molar-refractivity contribution in [1.29, 1.82) is 0 Å². The summed E-state index contributed by atoms with van der Waals surface area (Å²) in [6.07, 6.45) is 0.721. The molecule has 1 aliphatic rings. The first kappa shape index (κ1) is 19.0. The van der Waals surface area contributed by atoms with Gasteiger partial charge in [0.15, 0.2) is 0 Å². The van der Waals surface area contributed by atoms with E-state index in [2.05, 4.69) is 10.2 Å². The fourth-order valence-electron chi connectivity index (χ4n) is 3.82. The first-order chi connectivity index (χ1) is 14.2. The van der Waals surface area contributed by atoms with Gasteiger partial charge in [-0.15, -0.1) is 0 Å². The largest absolute Gasteiger partial charge is 0.507 e. The lowest BCUT2D eigenvalue weighted by molar-refractivity contribution is 0.0723. The Kier molecular flexibility index (Phi) is 5.22. The van der Waals surface area contributed by atoms with Crippen LogP contribution < -0.4 is 4.74 Å². The van der Waals surface area contributed by atoms with Crippen LogP contribution in [0.25, 0.3) is 11.3 Å². The van der Waals surface area contributed by atoms with Crippen LogP contribution >= 0.6 is 0 Å². The second kappa shape index (κ2) is 7.97. The monoisotopic (exact) mass is 393 g/mol. The summed E-state index contributed by atoms with van der Waals surface area (Å²) in [4.78, 5) is 15.0. The number of aromatic nitrogens is 2. The van der Waals surface area contributed by atoms with Gasteiger partial charge in [0.05, 0.1) is 13.2 Å². The van der Waals surface area contributed by atoms with E-state index < -0.39 is 0 Å². The Morgan fingerprint density at radius 1 is 1.14 bits per heavy atom. The second-order valence-corrected chi connectivity index (χ2v) is 6.90. The molecule has 7 heteroatoms. The van der Waals surface area contributed by atoms with E-state index in [9.17, 15) is 9.90 Å². The second-order valence-electron chi connectivity index (χ2n) is 6.90. The van der Waals surface area contributed by atoms with Crippen LogP contribution in [0.2, 0.25) is 0 Å². The lowest BCUT2D eigenvalue weighted by Crippen LogP contribution is -2.31. The number of phenolic OH excluding ortho intramolecular Hbond substituents is 1. The molecular formula is C22H23N3O4. The van der Waals surface area contributed by atoms with Crippen LogP contribution in [-0.2, 0) is 4.74 Å². The molecule has 4 rings (SSSR count). The predicted octanol–water partition coefficient (Wildman–Crippen LogP) is 3.37. The molecule has 29 heavy (non-hydrogen) atoms. The molecule has 7 nitrogen and oxygen atoms in total. The molecule has 2 N–H and O–H groups in total. The van der Waals surface area contributed by atoms with Gasteiger partial charge in [-0.3, -0.25) is 9.89 Å². The number of hydrogen-bond acceptors (Lipinski definition) is 5. The molecule has 0 aliphatic carbocycles. The third-order valence-corrected chi connectivity index (χ3v) is 5.20. The summed E-state index contributed by atoms with van der Waals surface area (Å²) >= 11 is 0. The van der Waals surface area contributed by atoms with Crippen molar-refractivity contribution >= 4 is 5.91 Å². The Bertz CT molecular complexity index is 1010. The van der Waals surface area contributed by atoms with Crippen molar-refractivity contribution < 1.29 is 19.4 Å². The molecule has 1 aromatic heterocycles. The fourth-order valence-corrected chi connectivity index (χ4v) is 3.82. The number of carbonyl (C=O) groups excluding carboxylic acids is 1. The molecule has 0 saturated heterocycles. The number of fused-ring (bicyclic) bond motifs is 1. The van der Waals surface area contributed by atoms with E-state index in [-0.39, 0.29) is 17.7 Å². The van der Waals surface area contributed by atoms with Crippen LogP contribution in [0.4, 0.5) is 0 Å². The highest BCUT2D eigenvalue weighted by molar-refractivity contribution is 6.00. The van der Waals surface area contributed by atoms with Crippen LogP contribution in [0.5, 0.6) is 11.5 Å². The van der Waals surface area contributed by atoms with E-state index in [0.717, 1.165) is 23.3 Å². The minimum atomic E-state index is -0.311. The number of ether oxygens (including phenoxy) is 2. The maximum absolute atomic E-state index is 13.2. The molecule has 3 aromatic rings. The number of nitrogens with one attached hydrogen (secondary N) is 1. The molecule has 0 fully saturated rings. The van der Waals surface area contributed by atoms with Gasteiger partial charge in [-0.1, -0.05) is 24.3 Å². The van der Waals surface area contributed by atoms with Gasteiger partial charge in [-0.25, -0.2) is 0 Å². The van der Waals surface area contributed by atoms with Crippen molar-refractivity contribution in [2.75, 3.05) is 27.4 Å². The van der Waals surface area contributed by atoms with E-state index >= 15 is 0 Å². The normalized spacial score (nSPS) is 15.6. The van der Waals surface area contributed by atoms with Crippen molar-refractivity contribution in [3.05, 3.63) is 65.4 Å². The van der Waals surface area contributed by atoms with Crippen molar-refractivity contribution in [1.82, 2.24) is 15.1 Å². The average molecular weight is 393 g/mol. The number of methoxy groups -OCH3 is 2. The number of nitrogens with zero attached hydrogens (tertiary/aromatic N) is 2. The van der Waals surface area contributed by atoms with Crippen molar-refractivity contribution in [3.63, 3.8) is 0 Å². The van der Waals surface area contributed by atoms with Crippen LogP contribution in [0.1, 0.15) is 34.1 Å². The summed E-state index contributed by atoms with van der Waals surface area (Å²) in [6.45, 7) is 1.11. The van der Waals surface area contributed by atoms with Gasteiger partial charge in [0, 0.05) is 31.4 Å². The molecule has 0 saturated carbocycles. The number of carbonyl (C=O) groups is 1. The Morgan fingerprint density at radius 2 is 1.90 bits per heavy atom. The third kappa shape index (κ3) is 3.34. The minimum absolute atomic E-state index is 0.105. The molecule has 0 unspecified atom stereocenters. The average Bonchev–Trinajstić information content (AvgIpc) is 3.28. The molecule has 0 bridgehead atoms. The number of para-hydroxylation sites is 1. The van der Waals surface area contributed by atoms with Crippen molar-refractivity contribution in [2.24, 2.45) is 0 Å². The van der Waals surface area contributed by atoms with Gasteiger partial charge in [-0.2, -0.15) is 5.10 Å². The number of benzene rings is 2. The topological polar surface area (TPSA) is 87.7 Å². The number of H-pyrrole nitrogens is 1. The molecule has 0 radical (unpaired) electrons. The molecule has 2 aromatic carbocycles. The first-order valence-electron chi connectivity index (χ1n) is 9.46. The minimum Gasteiger partial charge on any atom is -0.507 e. The summed E-state index contributed by atoms with van der Waals surface area (Å²) in [6, 6.07) is 14.4. The standard InChI is InChI=1S/C22H23N3O4/c1-28-13-5-12-25-21(14-8-10-15(29-2)11-9-14)18-19(23-24-20(18)22(25)27)16-6-3-4-7-17(16)26/h3-4,6-11,21,26H,5,12-13H2,1-2H3,(H,23,24)/t21-/m0/s1. The van der Waals surface area contributed by atoms with Gasteiger partial charge in [0.1, 0.15) is 22.9 Å². The summed E-state index contributed by atoms with van der Waals surface area (Å²) < 4.78 is 10.4. The Morgan fingerprint density at radius 3 is 2.59 bits per heavy atom. The summed E-state index contributed by atoms with van der Waals surface area (Å²) in [5, 5.41) is 17.6. The zero-order chi connectivity index (χ0) is 20.4. The van der Waals surface area contributed by atoms with Crippen molar-refractivity contribution in [2.45, 2.75) is 12.5 Å². The highest BCUT2D eigenvalue weighted by Gasteiger charge is 2.42. The Labute approximate surface area is 168 Å². The number of hydrogen-bond donors (Lipinski definition) is 2. The zero-order valence-electron chi connectivity index (χ0n) is 16.4. The SMILES string of the molecule is COCCCN1C(=O)c2[nH]nc(-c3ccccc3O)c2[C@@H]1c1ccc(OC)cc1. The smallest absolute Gasteiger partial charge is 0.273 e. The molecule has 2 heterocycles. The molecular weight excluding hydrogens is 370 g/mol. The van der Waals surface area contributed by atoms with Crippen LogP contribution in [0.3, 0.4) is 0 Å². The van der Waals surface area contributed by atoms with E-state index in [1.54, 1.807) is 32.4 Å². The highest BCUT2D eigenvalue weighted by Crippen LogP contribution is 2.44. The van der Waals surface area contributed by atoms with E-state index in [0.29, 0.717) is 30.1 Å². The van der Waals surface area contributed by atoms with E-state index in [1.807, 2.05) is 35.2 Å². The Balaban J connectivity index is 1.82. The van der Waals surface area contributed by atoms with Gasteiger partial charge in [0.2, 0.25) is 0 Å². The van der Waals surface area contributed by atoms with Gasteiger partial charge >= 0.3 is 0 Å². The Hall–Kier alpha value is -3.32. The number of aromatic hydroxyl groups is 1. The van der Waals surface area contributed by atoms with Gasteiger partial charge < -0.3 is 19.5 Å². The summed E-state index contributed by atoms with van der Waals surface area (Å²) in [7, 11) is 3.27. The van der Waals surface area contributed by atoms with Gasteiger partial charge in [0.25, 0.3) is 5.91 Å². The fraction of sp³-hybridized carbons (Fsp3) is 0.273. The number of phenols is 1. The maximum Gasteiger partial charge on any atom is 0.273 e. The lowest BCUT2D eigenvalue weighted by Gasteiger charge is -2.26. The number of rotatable bonds is 7. The van der Waals surface area contributed by atoms with Crippen molar-refractivity contribution in [3.8, 4) is 22.8 Å². The lowest BCUT2D eigenvalue weighted by atomic mass is 9.95. The van der Waals surface area contributed by atoms with Gasteiger partial charge in [-0.05, 0) is 36.2 Å². The van der Waals surface area contributed by atoms with Crippen LogP contribution in [-0.4, -0.2) is 53.5 Å². The molecule has 1 atom stereocenters. The molecule has 1 amide bonds. The highest BCUT2D eigenvalue weighted by atomic mass is 16.5. The molecule has 1 aliphatic heterocycles. The summed E-state index contributed by atoms with van der Waals surface area (Å²) in [5.41, 5.74) is 3.37. The van der Waals surface area contributed by atoms with E-state index in [1.165, 1.54) is 0 Å². The first-order valence-corrected chi connectivity index (χ1v) is 9.46. The quantitative estimate of drug-likeness (QED) is 0.601. The third-order valence-electron chi connectivity index (χ3n) is 5.20.